The minimum absolute atomic E-state index is 0.0231. The standard InChI is InChI=1S/C9H10ClN3O4/c10-7-4-5(13(16)17)3-6(9(14)15)8(7)12-2-1-11/h3-4,12H,1-2,11H2,(H,14,15). The van der Waals surface area contributed by atoms with Crippen LogP contribution in [0.25, 0.3) is 0 Å². The van der Waals surface area contributed by atoms with Crippen molar-refractivity contribution in [3.05, 3.63) is 32.8 Å². The summed E-state index contributed by atoms with van der Waals surface area (Å²) in [5.41, 5.74) is 4.78. The van der Waals surface area contributed by atoms with Crippen LogP contribution in [0.5, 0.6) is 0 Å². The molecule has 0 unspecified atom stereocenters. The third-order valence-corrected chi connectivity index (χ3v) is 2.26. The van der Waals surface area contributed by atoms with Crippen LogP contribution in [0.4, 0.5) is 11.4 Å². The monoisotopic (exact) mass is 259 g/mol. The van der Waals surface area contributed by atoms with E-state index >= 15 is 0 Å². The second-order valence-electron chi connectivity index (χ2n) is 3.13. The summed E-state index contributed by atoms with van der Waals surface area (Å²) in [6.45, 7) is 0.601. The molecule has 0 amide bonds. The van der Waals surface area contributed by atoms with Crippen molar-refractivity contribution in [3.8, 4) is 0 Å². The molecule has 0 spiro atoms. The lowest BCUT2D eigenvalue weighted by Gasteiger charge is -2.10. The summed E-state index contributed by atoms with van der Waals surface area (Å²) in [7, 11) is 0. The first kappa shape index (κ1) is 13.2. The van der Waals surface area contributed by atoms with Gasteiger partial charge in [0.2, 0.25) is 0 Å². The smallest absolute Gasteiger partial charge is 0.338 e. The first-order chi connectivity index (χ1) is 7.97. The van der Waals surface area contributed by atoms with E-state index in [9.17, 15) is 14.9 Å². The zero-order valence-electron chi connectivity index (χ0n) is 8.64. The molecule has 0 radical (unpaired) electrons. The Hall–Kier alpha value is -1.86. The van der Waals surface area contributed by atoms with Crippen LogP contribution < -0.4 is 11.1 Å². The number of nitrogens with zero attached hydrogens (tertiary/aromatic N) is 1. The number of nitro benzene ring substituents is 1. The number of halogens is 1. The van der Waals surface area contributed by atoms with E-state index in [-0.39, 0.29) is 28.5 Å². The van der Waals surface area contributed by atoms with Crippen LogP contribution in [0.15, 0.2) is 12.1 Å². The van der Waals surface area contributed by atoms with Crippen LogP contribution >= 0.6 is 11.6 Å². The highest BCUT2D eigenvalue weighted by atomic mass is 35.5. The van der Waals surface area contributed by atoms with Crippen molar-refractivity contribution < 1.29 is 14.8 Å². The molecule has 0 atom stereocenters. The molecule has 92 valence electrons. The average Bonchev–Trinajstić information content (AvgIpc) is 2.26. The molecule has 7 nitrogen and oxygen atoms in total. The summed E-state index contributed by atoms with van der Waals surface area (Å²) in [4.78, 5) is 20.8. The molecule has 0 aromatic heterocycles. The van der Waals surface area contributed by atoms with Crippen molar-refractivity contribution >= 4 is 28.9 Å². The van der Waals surface area contributed by atoms with E-state index in [0.29, 0.717) is 6.54 Å². The lowest BCUT2D eigenvalue weighted by molar-refractivity contribution is -0.384. The predicted octanol–water partition coefficient (Wildman–Crippen LogP) is 1.32. The Morgan fingerprint density at radius 3 is 2.71 bits per heavy atom. The Morgan fingerprint density at radius 2 is 2.24 bits per heavy atom. The number of rotatable bonds is 5. The summed E-state index contributed by atoms with van der Waals surface area (Å²) in [6.07, 6.45) is 0. The molecule has 0 saturated heterocycles. The quantitative estimate of drug-likeness (QED) is 0.542. The summed E-state index contributed by atoms with van der Waals surface area (Å²) in [5, 5.41) is 22.2. The van der Waals surface area contributed by atoms with Crippen molar-refractivity contribution in [2.45, 2.75) is 0 Å². The average molecular weight is 260 g/mol. The lowest BCUT2D eigenvalue weighted by atomic mass is 10.1. The van der Waals surface area contributed by atoms with Gasteiger partial charge in [0.15, 0.2) is 0 Å². The number of nitro groups is 1. The summed E-state index contributed by atoms with van der Waals surface area (Å²) < 4.78 is 0. The number of anilines is 1. The number of nitrogens with one attached hydrogen (secondary N) is 1. The van der Waals surface area contributed by atoms with Crippen LogP contribution in [-0.2, 0) is 0 Å². The molecule has 0 saturated carbocycles. The molecule has 17 heavy (non-hydrogen) atoms. The normalized spacial score (nSPS) is 10.0. The van der Waals surface area contributed by atoms with Gasteiger partial charge in [-0.1, -0.05) is 11.6 Å². The van der Waals surface area contributed by atoms with Gasteiger partial charge in [-0.15, -0.1) is 0 Å². The molecule has 4 N–H and O–H groups in total. The molecule has 0 bridgehead atoms. The van der Waals surface area contributed by atoms with Crippen molar-refractivity contribution in [2.24, 2.45) is 5.73 Å². The third kappa shape index (κ3) is 3.05. The molecule has 1 aromatic carbocycles. The van der Waals surface area contributed by atoms with E-state index in [4.69, 9.17) is 22.4 Å². The highest BCUT2D eigenvalue weighted by Crippen LogP contribution is 2.31. The fourth-order valence-electron chi connectivity index (χ4n) is 1.24. The Balaban J connectivity index is 3.28. The maximum Gasteiger partial charge on any atom is 0.338 e. The molecule has 1 rings (SSSR count). The number of carboxylic acid groups (broad SMARTS) is 1. The van der Waals surface area contributed by atoms with E-state index in [1.165, 1.54) is 0 Å². The van der Waals surface area contributed by atoms with E-state index in [1.54, 1.807) is 0 Å². The third-order valence-electron chi connectivity index (χ3n) is 1.96. The number of carboxylic acids is 1. The van der Waals surface area contributed by atoms with E-state index < -0.39 is 10.9 Å². The number of aromatic carboxylic acids is 1. The Morgan fingerprint density at radius 1 is 1.59 bits per heavy atom. The molecule has 0 fully saturated rings. The van der Waals surface area contributed by atoms with Gasteiger partial charge in [0.25, 0.3) is 5.69 Å². The fourth-order valence-corrected chi connectivity index (χ4v) is 1.52. The van der Waals surface area contributed by atoms with Gasteiger partial charge in [-0.3, -0.25) is 10.1 Å². The number of benzene rings is 1. The second kappa shape index (κ2) is 5.46. The zero-order chi connectivity index (χ0) is 13.0. The number of hydrogen-bond donors (Lipinski definition) is 3. The highest BCUT2D eigenvalue weighted by Gasteiger charge is 2.19. The van der Waals surface area contributed by atoms with E-state index in [1.807, 2.05) is 0 Å². The Kier molecular flexibility index (Phi) is 4.24. The minimum atomic E-state index is -1.30. The maximum atomic E-state index is 11.0. The molecular weight excluding hydrogens is 250 g/mol. The topological polar surface area (TPSA) is 118 Å². The predicted molar refractivity (Wildman–Crippen MR) is 62.6 cm³/mol. The molecule has 0 aliphatic rings. The van der Waals surface area contributed by atoms with Gasteiger partial charge in [-0.25, -0.2) is 4.79 Å². The van der Waals surface area contributed by atoms with Gasteiger partial charge >= 0.3 is 5.97 Å². The van der Waals surface area contributed by atoms with Gasteiger partial charge < -0.3 is 16.2 Å². The maximum absolute atomic E-state index is 11.0. The van der Waals surface area contributed by atoms with Gasteiger partial charge in [0.1, 0.15) is 0 Å². The lowest BCUT2D eigenvalue weighted by Crippen LogP contribution is -2.15. The minimum Gasteiger partial charge on any atom is -0.478 e. The van der Waals surface area contributed by atoms with Crippen LogP contribution in [-0.4, -0.2) is 29.1 Å². The second-order valence-corrected chi connectivity index (χ2v) is 3.54. The fraction of sp³-hybridized carbons (Fsp3) is 0.222. The van der Waals surface area contributed by atoms with Gasteiger partial charge in [0, 0.05) is 25.2 Å². The number of hydrogen-bond acceptors (Lipinski definition) is 5. The Labute approximate surface area is 101 Å². The highest BCUT2D eigenvalue weighted by molar-refractivity contribution is 6.34. The van der Waals surface area contributed by atoms with E-state index in [2.05, 4.69) is 5.32 Å². The number of non-ortho nitro benzene ring substituents is 1. The molecule has 0 aliphatic carbocycles. The van der Waals surface area contributed by atoms with Gasteiger partial charge in [0.05, 0.1) is 21.2 Å². The van der Waals surface area contributed by atoms with E-state index in [0.717, 1.165) is 12.1 Å². The number of nitrogens with two attached hydrogens (primary N) is 1. The zero-order valence-corrected chi connectivity index (χ0v) is 9.40. The molecular formula is C9H10ClN3O4. The molecule has 0 heterocycles. The van der Waals surface area contributed by atoms with Crippen LogP contribution in [0.1, 0.15) is 10.4 Å². The van der Waals surface area contributed by atoms with Crippen LogP contribution in [0.3, 0.4) is 0 Å². The van der Waals surface area contributed by atoms with Crippen molar-refractivity contribution in [3.63, 3.8) is 0 Å². The summed E-state index contributed by atoms with van der Waals surface area (Å²) >= 11 is 5.79. The first-order valence-electron chi connectivity index (χ1n) is 4.62. The van der Waals surface area contributed by atoms with Crippen molar-refractivity contribution in [2.75, 3.05) is 18.4 Å². The largest absolute Gasteiger partial charge is 0.478 e. The SMILES string of the molecule is NCCNc1c(Cl)cc([N+](=O)[O-])cc1C(=O)O. The van der Waals surface area contributed by atoms with Gasteiger partial charge in [-0.2, -0.15) is 0 Å². The summed E-state index contributed by atoms with van der Waals surface area (Å²) in [6, 6.07) is 2.04. The molecule has 1 aromatic rings. The molecule has 8 heteroatoms. The first-order valence-corrected chi connectivity index (χ1v) is 5.00. The van der Waals surface area contributed by atoms with Crippen molar-refractivity contribution in [1.29, 1.82) is 0 Å². The van der Waals surface area contributed by atoms with Gasteiger partial charge in [-0.05, 0) is 0 Å². The molecule has 0 aliphatic heterocycles. The van der Waals surface area contributed by atoms with Crippen LogP contribution in [0, 0.1) is 10.1 Å². The number of carbonyl (C=O) groups is 1. The van der Waals surface area contributed by atoms with Crippen LogP contribution in [0.2, 0.25) is 5.02 Å². The van der Waals surface area contributed by atoms with Crippen molar-refractivity contribution in [1.82, 2.24) is 0 Å². The summed E-state index contributed by atoms with van der Waals surface area (Å²) in [5.74, 6) is -1.30. The Bertz CT molecular complexity index is 464.